The molecule has 0 atom stereocenters. The Morgan fingerprint density at radius 2 is 1.26 bits per heavy atom. The molecule has 102 valence electrons. The van der Waals surface area contributed by atoms with E-state index in [2.05, 4.69) is 87.8 Å². The summed E-state index contributed by atoms with van der Waals surface area (Å²) in [6.07, 6.45) is 0. The van der Waals surface area contributed by atoms with Gasteiger partial charge in [0.1, 0.15) is 0 Å². The molecule has 0 radical (unpaired) electrons. The zero-order chi connectivity index (χ0) is 14.4. The molecule has 19 heavy (non-hydrogen) atoms. The Labute approximate surface area is 125 Å². The van der Waals surface area contributed by atoms with E-state index >= 15 is 0 Å². The van der Waals surface area contributed by atoms with Crippen LogP contribution in [-0.2, 0) is 10.8 Å². The molecule has 0 heterocycles. The number of hydrogen-bond acceptors (Lipinski definition) is 0. The van der Waals surface area contributed by atoms with Crippen LogP contribution in [0.3, 0.4) is 0 Å². The number of hydrogen-bond donors (Lipinski definition) is 0. The third kappa shape index (κ3) is 3.02. The summed E-state index contributed by atoms with van der Waals surface area (Å²) in [7, 11) is 0. The zero-order valence-electron chi connectivity index (χ0n) is 12.8. The van der Waals surface area contributed by atoms with Gasteiger partial charge in [0.15, 0.2) is 0 Å². The minimum atomic E-state index is 0.175. The highest BCUT2D eigenvalue weighted by Gasteiger charge is 2.18. The van der Waals surface area contributed by atoms with Crippen molar-refractivity contribution in [3.63, 3.8) is 0 Å². The Morgan fingerprint density at radius 3 is 1.79 bits per heavy atom. The third-order valence-corrected chi connectivity index (χ3v) is 4.29. The van der Waals surface area contributed by atoms with E-state index in [-0.39, 0.29) is 10.8 Å². The van der Waals surface area contributed by atoms with Gasteiger partial charge in [0, 0.05) is 4.47 Å². The van der Waals surface area contributed by atoms with Crippen molar-refractivity contribution < 1.29 is 0 Å². The highest BCUT2D eigenvalue weighted by Crippen LogP contribution is 2.34. The molecule has 2 aromatic carbocycles. The van der Waals surface area contributed by atoms with Crippen LogP contribution in [0.5, 0.6) is 0 Å². The van der Waals surface area contributed by atoms with Crippen LogP contribution >= 0.6 is 15.9 Å². The van der Waals surface area contributed by atoms with Crippen molar-refractivity contribution >= 4 is 26.7 Å². The maximum atomic E-state index is 3.72. The van der Waals surface area contributed by atoms with Crippen molar-refractivity contribution in [2.24, 2.45) is 0 Å². The van der Waals surface area contributed by atoms with Crippen molar-refractivity contribution in [3.05, 3.63) is 45.9 Å². The first-order valence-electron chi connectivity index (χ1n) is 6.83. The van der Waals surface area contributed by atoms with Crippen LogP contribution in [0.25, 0.3) is 10.8 Å². The van der Waals surface area contributed by atoms with Gasteiger partial charge < -0.3 is 0 Å². The summed E-state index contributed by atoms with van der Waals surface area (Å²) < 4.78 is 1.19. The molecule has 0 aliphatic carbocycles. The molecule has 0 saturated heterocycles. The largest absolute Gasteiger partial charge is 0.0578 e. The van der Waals surface area contributed by atoms with Crippen LogP contribution in [-0.4, -0.2) is 0 Å². The van der Waals surface area contributed by atoms with Gasteiger partial charge in [-0.3, -0.25) is 0 Å². The second-order valence-corrected chi connectivity index (χ2v) is 8.25. The number of halogens is 1. The SMILES string of the molecule is CC(C)(C)c1ccc2c(Br)cc(C(C)(C)C)cc2c1. The second kappa shape index (κ2) is 4.63. The van der Waals surface area contributed by atoms with E-state index in [0.717, 1.165) is 0 Å². The summed E-state index contributed by atoms with van der Waals surface area (Å²) in [6, 6.07) is 11.4. The van der Waals surface area contributed by atoms with Gasteiger partial charge in [-0.05, 0) is 38.8 Å². The lowest BCUT2D eigenvalue weighted by Gasteiger charge is -2.22. The first kappa shape index (κ1) is 14.6. The van der Waals surface area contributed by atoms with E-state index in [9.17, 15) is 0 Å². The molecule has 0 saturated carbocycles. The Hall–Kier alpha value is -0.820. The summed E-state index contributed by atoms with van der Waals surface area (Å²) in [5.41, 5.74) is 3.13. The average molecular weight is 319 g/mol. The third-order valence-electron chi connectivity index (χ3n) is 3.63. The van der Waals surface area contributed by atoms with Crippen molar-refractivity contribution in [1.82, 2.24) is 0 Å². The molecule has 0 bridgehead atoms. The first-order chi connectivity index (χ1) is 8.59. The van der Waals surface area contributed by atoms with Crippen molar-refractivity contribution in [2.75, 3.05) is 0 Å². The van der Waals surface area contributed by atoms with Crippen molar-refractivity contribution in [2.45, 2.75) is 52.4 Å². The lowest BCUT2D eigenvalue weighted by Crippen LogP contribution is -2.12. The van der Waals surface area contributed by atoms with E-state index in [1.807, 2.05) is 0 Å². The van der Waals surface area contributed by atoms with Gasteiger partial charge in [-0.25, -0.2) is 0 Å². The predicted molar refractivity (Wildman–Crippen MR) is 89.0 cm³/mol. The van der Waals surface area contributed by atoms with Gasteiger partial charge in [-0.1, -0.05) is 81.7 Å². The molecule has 0 spiro atoms. The van der Waals surface area contributed by atoms with Gasteiger partial charge in [0.2, 0.25) is 0 Å². The summed E-state index contributed by atoms with van der Waals surface area (Å²) in [5.74, 6) is 0. The van der Waals surface area contributed by atoms with Crippen LogP contribution in [0.2, 0.25) is 0 Å². The van der Waals surface area contributed by atoms with E-state index in [0.29, 0.717) is 0 Å². The molecule has 0 nitrogen and oxygen atoms in total. The molecule has 0 fully saturated rings. The van der Waals surface area contributed by atoms with Crippen molar-refractivity contribution in [3.8, 4) is 0 Å². The minimum Gasteiger partial charge on any atom is -0.0578 e. The fourth-order valence-electron chi connectivity index (χ4n) is 2.22. The Bertz CT molecular complexity index is 605. The molecule has 0 N–H and O–H groups in total. The molecule has 0 aromatic heterocycles. The lowest BCUT2D eigenvalue weighted by atomic mass is 9.83. The molecule has 1 heteroatoms. The van der Waals surface area contributed by atoms with Crippen LogP contribution in [0.15, 0.2) is 34.8 Å². The molecule has 2 rings (SSSR count). The maximum Gasteiger partial charge on any atom is 0.0256 e. The van der Waals surface area contributed by atoms with E-state index in [4.69, 9.17) is 0 Å². The van der Waals surface area contributed by atoms with Gasteiger partial charge >= 0.3 is 0 Å². The fourth-order valence-corrected chi connectivity index (χ4v) is 2.83. The Balaban J connectivity index is 2.70. The summed E-state index contributed by atoms with van der Waals surface area (Å²) in [4.78, 5) is 0. The average Bonchev–Trinajstić information content (AvgIpc) is 2.25. The standard InChI is InChI=1S/C18H23Br/c1-17(2,3)13-7-8-15-12(9-13)10-14(11-16(15)19)18(4,5)6/h7-11H,1-6H3. The highest BCUT2D eigenvalue weighted by molar-refractivity contribution is 9.10. The van der Waals surface area contributed by atoms with Gasteiger partial charge in [-0.2, -0.15) is 0 Å². The number of rotatable bonds is 0. The normalized spacial score (nSPS) is 13.0. The van der Waals surface area contributed by atoms with Crippen LogP contribution in [0, 0.1) is 0 Å². The molecular formula is C18H23Br. The highest BCUT2D eigenvalue weighted by atomic mass is 79.9. The van der Waals surface area contributed by atoms with E-state index in [1.165, 1.54) is 26.4 Å². The monoisotopic (exact) mass is 318 g/mol. The smallest absolute Gasteiger partial charge is 0.0256 e. The van der Waals surface area contributed by atoms with E-state index < -0.39 is 0 Å². The first-order valence-corrected chi connectivity index (χ1v) is 7.62. The predicted octanol–water partition coefficient (Wildman–Crippen LogP) is 6.20. The van der Waals surface area contributed by atoms with Crippen molar-refractivity contribution in [1.29, 1.82) is 0 Å². The zero-order valence-corrected chi connectivity index (χ0v) is 14.4. The van der Waals surface area contributed by atoms with E-state index in [1.54, 1.807) is 0 Å². The number of fused-ring (bicyclic) bond motifs is 1. The second-order valence-electron chi connectivity index (χ2n) is 7.39. The molecule has 0 unspecified atom stereocenters. The van der Waals surface area contributed by atoms with Gasteiger partial charge in [0.25, 0.3) is 0 Å². The Kier molecular flexibility index (Phi) is 3.55. The molecule has 2 aromatic rings. The quantitative estimate of drug-likeness (QED) is 0.542. The van der Waals surface area contributed by atoms with Crippen LogP contribution in [0.1, 0.15) is 52.7 Å². The lowest BCUT2D eigenvalue weighted by molar-refractivity contribution is 0.589. The number of benzene rings is 2. The minimum absolute atomic E-state index is 0.175. The molecule has 0 amide bonds. The topological polar surface area (TPSA) is 0 Å². The van der Waals surface area contributed by atoms with Gasteiger partial charge in [-0.15, -0.1) is 0 Å². The Morgan fingerprint density at radius 1 is 0.737 bits per heavy atom. The summed E-state index contributed by atoms with van der Waals surface area (Å²) in [5, 5.41) is 2.62. The van der Waals surface area contributed by atoms with Crippen LogP contribution in [0.4, 0.5) is 0 Å². The summed E-state index contributed by atoms with van der Waals surface area (Å²) >= 11 is 3.72. The summed E-state index contributed by atoms with van der Waals surface area (Å²) in [6.45, 7) is 13.6. The van der Waals surface area contributed by atoms with Crippen LogP contribution < -0.4 is 0 Å². The molecular weight excluding hydrogens is 296 g/mol. The van der Waals surface area contributed by atoms with Gasteiger partial charge in [0.05, 0.1) is 0 Å². The maximum absolute atomic E-state index is 3.72. The molecule has 0 aliphatic heterocycles. The molecule has 0 aliphatic rings. The fraction of sp³-hybridized carbons (Fsp3) is 0.444.